The van der Waals surface area contributed by atoms with Gasteiger partial charge in [-0.05, 0) is 29.8 Å². The maximum atomic E-state index is 14.4. The zero-order chi connectivity index (χ0) is 23.4. The number of carbonyl (C=O) groups is 2. The van der Waals surface area contributed by atoms with Crippen molar-refractivity contribution in [2.75, 3.05) is 31.6 Å². The Morgan fingerprint density at radius 2 is 1.73 bits per heavy atom. The first-order valence-electron chi connectivity index (χ1n) is 10.3. The number of nitrogens with zero attached hydrogens (tertiary/aromatic N) is 3. The third kappa shape index (κ3) is 4.96. The summed E-state index contributed by atoms with van der Waals surface area (Å²) in [4.78, 5) is 26.1. The highest BCUT2D eigenvalue weighted by Crippen LogP contribution is 2.35. The molecule has 33 heavy (non-hydrogen) atoms. The Kier molecular flexibility index (Phi) is 6.55. The normalized spacial score (nSPS) is 13.6. The fourth-order valence-electron chi connectivity index (χ4n) is 3.58. The van der Waals surface area contributed by atoms with E-state index in [4.69, 9.17) is 10.5 Å². The van der Waals surface area contributed by atoms with Crippen LogP contribution in [0.5, 0.6) is 0 Å². The van der Waals surface area contributed by atoms with Gasteiger partial charge in [0, 0.05) is 24.3 Å². The van der Waals surface area contributed by atoms with Crippen LogP contribution in [0.2, 0.25) is 0 Å². The Labute approximate surface area is 188 Å². The van der Waals surface area contributed by atoms with E-state index in [1.807, 2.05) is 0 Å². The lowest BCUT2D eigenvalue weighted by Gasteiger charge is -2.26. The number of anilines is 2. The summed E-state index contributed by atoms with van der Waals surface area (Å²) in [6.45, 7) is 2.20. The SMILES string of the molecule is NC(=O)c1nncc(-c2c(F)cccc2F)c1Nc1ccc(CC(=O)N2CCOCC2)cc1. The molecule has 2 amide bonds. The lowest BCUT2D eigenvalue weighted by atomic mass is 10.0. The van der Waals surface area contributed by atoms with Gasteiger partial charge in [-0.2, -0.15) is 5.10 Å². The van der Waals surface area contributed by atoms with E-state index in [0.29, 0.717) is 32.0 Å². The van der Waals surface area contributed by atoms with Gasteiger partial charge in [-0.15, -0.1) is 5.10 Å². The van der Waals surface area contributed by atoms with Gasteiger partial charge in [-0.25, -0.2) is 8.78 Å². The average molecular weight is 453 g/mol. The molecule has 0 spiro atoms. The van der Waals surface area contributed by atoms with E-state index in [0.717, 1.165) is 23.9 Å². The van der Waals surface area contributed by atoms with Crippen molar-refractivity contribution >= 4 is 23.2 Å². The molecule has 0 atom stereocenters. The highest BCUT2D eigenvalue weighted by molar-refractivity contribution is 6.01. The Morgan fingerprint density at radius 1 is 1.06 bits per heavy atom. The number of nitrogens with one attached hydrogen (secondary N) is 1. The summed E-state index contributed by atoms with van der Waals surface area (Å²) in [5, 5.41) is 10.4. The van der Waals surface area contributed by atoms with Crippen LogP contribution in [0.4, 0.5) is 20.2 Å². The van der Waals surface area contributed by atoms with Gasteiger partial charge in [0.2, 0.25) is 5.91 Å². The first kappa shape index (κ1) is 22.3. The number of rotatable bonds is 6. The number of hydrogen-bond acceptors (Lipinski definition) is 6. The first-order valence-corrected chi connectivity index (χ1v) is 10.3. The van der Waals surface area contributed by atoms with E-state index in [2.05, 4.69) is 15.5 Å². The second-order valence-electron chi connectivity index (χ2n) is 7.43. The minimum absolute atomic E-state index is 0.000900. The van der Waals surface area contributed by atoms with E-state index in [9.17, 15) is 18.4 Å². The van der Waals surface area contributed by atoms with Crippen molar-refractivity contribution in [1.82, 2.24) is 15.1 Å². The molecule has 0 bridgehead atoms. The predicted molar refractivity (Wildman–Crippen MR) is 117 cm³/mol. The molecule has 3 aromatic rings. The molecule has 0 saturated carbocycles. The number of carbonyl (C=O) groups excluding carboxylic acids is 2. The molecule has 1 aliphatic rings. The van der Waals surface area contributed by atoms with Crippen LogP contribution < -0.4 is 11.1 Å². The maximum absolute atomic E-state index is 14.4. The maximum Gasteiger partial charge on any atom is 0.271 e. The topological polar surface area (TPSA) is 110 Å². The second kappa shape index (κ2) is 9.70. The van der Waals surface area contributed by atoms with Crippen LogP contribution in [0.25, 0.3) is 11.1 Å². The molecule has 0 radical (unpaired) electrons. The summed E-state index contributed by atoms with van der Waals surface area (Å²) in [5.41, 5.74) is 6.13. The molecular formula is C23H21F2N5O3. The summed E-state index contributed by atoms with van der Waals surface area (Å²) in [5.74, 6) is -2.54. The molecule has 8 nitrogen and oxygen atoms in total. The minimum atomic E-state index is -0.906. The second-order valence-corrected chi connectivity index (χ2v) is 7.43. The monoisotopic (exact) mass is 453 g/mol. The zero-order valence-corrected chi connectivity index (χ0v) is 17.6. The molecular weight excluding hydrogens is 432 g/mol. The van der Waals surface area contributed by atoms with E-state index >= 15 is 0 Å². The van der Waals surface area contributed by atoms with Gasteiger partial charge in [0.25, 0.3) is 5.91 Å². The van der Waals surface area contributed by atoms with Crippen LogP contribution >= 0.6 is 0 Å². The number of hydrogen-bond donors (Lipinski definition) is 2. The lowest BCUT2D eigenvalue weighted by molar-refractivity contribution is -0.134. The number of amides is 2. The highest BCUT2D eigenvalue weighted by Gasteiger charge is 2.22. The van der Waals surface area contributed by atoms with Crippen LogP contribution in [-0.4, -0.2) is 53.2 Å². The van der Waals surface area contributed by atoms with Gasteiger partial charge in [0.05, 0.1) is 37.1 Å². The Hall–Kier alpha value is -3.92. The quantitative estimate of drug-likeness (QED) is 0.594. The summed E-state index contributed by atoms with van der Waals surface area (Å²) < 4.78 is 34.1. The van der Waals surface area contributed by atoms with Crippen molar-refractivity contribution in [3.8, 4) is 11.1 Å². The first-order chi connectivity index (χ1) is 15.9. The van der Waals surface area contributed by atoms with Gasteiger partial charge in [-0.1, -0.05) is 18.2 Å². The Balaban J connectivity index is 1.61. The third-order valence-corrected chi connectivity index (χ3v) is 5.26. The largest absolute Gasteiger partial charge is 0.378 e. The van der Waals surface area contributed by atoms with E-state index < -0.39 is 17.5 Å². The van der Waals surface area contributed by atoms with Crippen LogP contribution in [0.3, 0.4) is 0 Å². The predicted octanol–water partition coefficient (Wildman–Crippen LogP) is 2.67. The standard InChI is InChI=1S/C23H21F2N5O3/c24-17-2-1-3-18(25)20(17)16-13-27-29-22(23(26)32)21(16)28-15-6-4-14(5-7-15)12-19(31)30-8-10-33-11-9-30/h1-7,13H,8-12H2,(H2,26,32)(H,27,28). The van der Waals surface area contributed by atoms with Gasteiger partial charge in [-0.3, -0.25) is 9.59 Å². The molecule has 1 saturated heterocycles. The van der Waals surface area contributed by atoms with Crippen molar-refractivity contribution in [3.63, 3.8) is 0 Å². The van der Waals surface area contributed by atoms with Crippen LogP contribution in [0, 0.1) is 11.6 Å². The van der Waals surface area contributed by atoms with Gasteiger partial charge in [0.15, 0.2) is 5.69 Å². The van der Waals surface area contributed by atoms with Crippen molar-refractivity contribution < 1.29 is 23.1 Å². The summed E-state index contributed by atoms with van der Waals surface area (Å²) >= 11 is 0. The van der Waals surface area contributed by atoms with Crippen molar-refractivity contribution in [1.29, 1.82) is 0 Å². The molecule has 4 rings (SSSR count). The van der Waals surface area contributed by atoms with Crippen LogP contribution in [0.15, 0.2) is 48.7 Å². The number of morpholine rings is 1. The summed E-state index contributed by atoms with van der Waals surface area (Å²) in [6.07, 6.45) is 1.39. The number of halogens is 2. The molecule has 0 unspecified atom stereocenters. The molecule has 0 aliphatic carbocycles. The van der Waals surface area contributed by atoms with E-state index in [1.165, 1.54) is 6.07 Å². The number of primary amides is 1. The number of nitrogens with two attached hydrogens (primary N) is 1. The van der Waals surface area contributed by atoms with Gasteiger partial charge < -0.3 is 20.7 Å². The molecule has 1 fully saturated rings. The molecule has 10 heteroatoms. The van der Waals surface area contributed by atoms with E-state index in [1.54, 1.807) is 29.2 Å². The van der Waals surface area contributed by atoms with Crippen molar-refractivity contribution in [2.45, 2.75) is 6.42 Å². The van der Waals surface area contributed by atoms with E-state index in [-0.39, 0.29) is 34.8 Å². The third-order valence-electron chi connectivity index (χ3n) is 5.26. The van der Waals surface area contributed by atoms with Crippen LogP contribution in [0.1, 0.15) is 16.1 Å². The molecule has 2 heterocycles. The minimum Gasteiger partial charge on any atom is -0.378 e. The highest BCUT2D eigenvalue weighted by atomic mass is 19.1. The molecule has 1 aromatic heterocycles. The molecule has 170 valence electrons. The van der Waals surface area contributed by atoms with Crippen molar-refractivity contribution in [2.24, 2.45) is 5.73 Å². The summed E-state index contributed by atoms with van der Waals surface area (Å²) in [7, 11) is 0. The molecule has 1 aliphatic heterocycles. The van der Waals surface area contributed by atoms with Gasteiger partial charge >= 0.3 is 0 Å². The van der Waals surface area contributed by atoms with Crippen molar-refractivity contribution in [3.05, 3.63) is 71.6 Å². The smallest absolute Gasteiger partial charge is 0.271 e. The Morgan fingerprint density at radius 3 is 2.36 bits per heavy atom. The molecule has 2 aromatic carbocycles. The average Bonchev–Trinajstić information content (AvgIpc) is 2.81. The van der Waals surface area contributed by atoms with Crippen LogP contribution in [-0.2, 0) is 16.0 Å². The number of ether oxygens (including phenoxy) is 1. The van der Waals surface area contributed by atoms with Gasteiger partial charge in [0.1, 0.15) is 11.6 Å². The number of aromatic nitrogens is 2. The number of benzene rings is 2. The fraction of sp³-hybridized carbons (Fsp3) is 0.217. The fourth-order valence-corrected chi connectivity index (χ4v) is 3.58. The Bertz CT molecular complexity index is 1160. The summed E-state index contributed by atoms with van der Waals surface area (Å²) in [6, 6.07) is 10.3. The lowest BCUT2D eigenvalue weighted by Crippen LogP contribution is -2.41. The zero-order valence-electron chi connectivity index (χ0n) is 17.6. The molecule has 3 N–H and O–H groups in total.